The largest absolute Gasteiger partial charge is 0.477 e. The molecule has 0 aromatic carbocycles. The number of rotatable bonds is 3. The number of hydrogen-bond acceptors (Lipinski definition) is 5. The van der Waals surface area contributed by atoms with Crippen LogP contribution in [0.15, 0.2) is 17.1 Å². The van der Waals surface area contributed by atoms with Gasteiger partial charge >= 0.3 is 5.97 Å². The zero-order valence-corrected chi connectivity index (χ0v) is 11.9. The average molecular weight is 306 g/mol. The van der Waals surface area contributed by atoms with Crippen molar-refractivity contribution >= 4 is 22.8 Å². The van der Waals surface area contributed by atoms with Gasteiger partial charge in [-0.2, -0.15) is 0 Å². The summed E-state index contributed by atoms with van der Waals surface area (Å²) in [5, 5.41) is 12.0. The van der Waals surface area contributed by atoms with Crippen molar-refractivity contribution in [2.75, 3.05) is 25.0 Å². The lowest BCUT2D eigenvalue weighted by molar-refractivity contribution is 0.0695. The van der Waals surface area contributed by atoms with E-state index in [1.54, 1.807) is 4.90 Å². The fourth-order valence-electron chi connectivity index (χ4n) is 2.68. The maximum absolute atomic E-state index is 14.3. The Morgan fingerprint density at radius 2 is 2.36 bits per heavy atom. The smallest absolute Gasteiger partial charge is 0.341 e. The van der Waals surface area contributed by atoms with Crippen molar-refractivity contribution in [2.45, 2.75) is 12.5 Å². The summed E-state index contributed by atoms with van der Waals surface area (Å²) in [6, 6.07) is 1.32. The maximum atomic E-state index is 14.3. The number of H-pyrrole nitrogens is 1. The third kappa shape index (κ3) is 2.31. The zero-order valence-electron chi connectivity index (χ0n) is 11.9. The molecule has 3 N–H and O–H groups in total. The van der Waals surface area contributed by atoms with E-state index in [1.165, 1.54) is 0 Å². The number of nitrogens with one attached hydrogen (secondary N) is 2. The molecule has 3 rings (SSSR count). The van der Waals surface area contributed by atoms with E-state index < -0.39 is 22.8 Å². The Morgan fingerprint density at radius 3 is 3.00 bits per heavy atom. The number of aromatic amines is 1. The number of carboxylic acid groups (broad SMARTS) is 1. The van der Waals surface area contributed by atoms with Crippen LogP contribution in [0.4, 0.5) is 10.2 Å². The van der Waals surface area contributed by atoms with Gasteiger partial charge in [-0.15, -0.1) is 0 Å². The molecular formula is C14H15FN4O3. The van der Waals surface area contributed by atoms with Gasteiger partial charge < -0.3 is 20.3 Å². The van der Waals surface area contributed by atoms with Crippen LogP contribution in [0.1, 0.15) is 16.8 Å². The number of aromatic nitrogens is 2. The molecule has 0 bridgehead atoms. The number of carbonyl (C=O) groups is 1. The lowest BCUT2D eigenvalue weighted by atomic mass is 10.2. The highest BCUT2D eigenvalue weighted by molar-refractivity contribution is 5.91. The van der Waals surface area contributed by atoms with E-state index in [-0.39, 0.29) is 22.9 Å². The van der Waals surface area contributed by atoms with Gasteiger partial charge in [-0.3, -0.25) is 4.79 Å². The predicted octanol–water partition coefficient (Wildman–Crippen LogP) is 0.558. The molecule has 1 aliphatic rings. The van der Waals surface area contributed by atoms with Crippen LogP contribution in [-0.4, -0.2) is 47.2 Å². The number of fused-ring (bicyclic) bond motifs is 1. The van der Waals surface area contributed by atoms with Crippen LogP contribution in [0.3, 0.4) is 0 Å². The van der Waals surface area contributed by atoms with Crippen molar-refractivity contribution in [3.63, 3.8) is 0 Å². The summed E-state index contributed by atoms with van der Waals surface area (Å²) in [7, 11) is 1.85. The van der Waals surface area contributed by atoms with Crippen molar-refractivity contribution < 1.29 is 14.3 Å². The lowest BCUT2D eigenvalue weighted by Crippen LogP contribution is -2.30. The van der Waals surface area contributed by atoms with E-state index in [0.717, 1.165) is 18.7 Å². The number of hydrogen-bond donors (Lipinski definition) is 3. The molecule has 0 amide bonds. The van der Waals surface area contributed by atoms with E-state index in [0.29, 0.717) is 13.1 Å². The number of anilines is 1. The Hall–Kier alpha value is -2.48. The fraction of sp³-hybridized carbons (Fsp3) is 0.357. The highest BCUT2D eigenvalue weighted by Crippen LogP contribution is 2.23. The highest BCUT2D eigenvalue weighted by Gasteiger charge is 2.25. The summed E-state index contributed by atoms with van der Waals surface area (Å²) in [5.41, 5.74) is -0.995. The van der Waals surface area contributed by atoms with Crippen LogP contribution in [0.2, 0.25) is 0 Å². The van der Waals surface area contributed by atoms with Crippen molar-refractivity contribution in [1.29, 1.82) is 0 Å². The van der Waals surface area contributed by atoms with E-state index >= 15 is 0 Å². The first-order chi connectivity index (χ1) is 10.5. The Bertz CT molecular complexity index is 805. The van der Waals surface area contributed by atoms with Crippen LogP contribution >= 0.6 is 0 Å². The standard InChI is InChI=1S/C14H15FN4O3/c1-16-7-2-3-19(6-7)13-10(15)4-8-11(20)9(14(21)22)5-17-12(8)18-13/h4-5,7,16H,2-3,6H2,1H3,(H,21,22)(H,17,18,20). The quantitative estimate of drug-likeness (QED) is 0.766. The molecule has 7 nitrogen and oxygen atoms in total. The van der Waals surface area contributed by atoms with Crippen molar-refractivity contribution in [2.24, 2.45) is 0 Å². The van der Waals surface area contributed by atoms with Crippen LogP contribution in [-0.2, 0) is 0 Å². The molecule has 1 atom stereocenters. The van der Waals surface area contributed by atoms with Gasteiger partial charge in [0.05, 0.1) is 5.39 Å². The Balaban J connectivity index is 2.08. The molecule has 1 fully saturated rings. The summed E-state index contributed by atoms with van der Waals surface area (Å²) in [6.45, 7) is 1.29. The minimum atomic E-state index is -1.36. The van der Waals surface area contributed by atoms with E-state index in [1.807, 2.05) is 7.05 Å². The minimum absolute atomic E-state index is 0.0643. The first-order valence-corrected chi connectivity index (χ1v) is 6.88. The second-order valence-corrected chi connectivity index (χ2v) is 5.25. The average Bonchev–Trinajstić information content (AvgIpc) is 2.96. The number of nitrogens with zero attached hydrogens (tertiary/aromatic N) is 2. The summed E-state index contributed by atoms with van der Waals surface area (Å²) in [6.07, 6.45) is 1.96. The molecule has 1 unspecified atom stereocenters. The lowest BCUT2D eigenvalue weighted by Gasteiger charge is -2.18. The highest BCUT2D eigenvalue weighted by atomic mass is 19.1. The van der Waals surface area contributed by atoms with E-state index in [2.05, 4.69) is 15.3 Å². The Kier molecular flexibility index (Phi) is 3.53. The van der Waals surface area contributed by atoms with Crippen molar-refractivity contribution in [1.82, 2.24) is 15.3 Å². The Labute approximate surface area is 124 Å². The maximum Gasteiger partial charge on any atom is 0.341 e. The van der Waals surface area contributed by atoms with Gasteiger partial charge in [0.15, 0.2) is 11.6 Å². The number of pyridine rings is 2. The van der Waals surface area contributed by atoms with Crippen molar-refractivity contribution in [3.05, 3.63) is 33.9 Å². The van der Waals surface area contributed by atoms with Gasteiger partial charge in [0.25, 0.3) is 0 Å². The van der Waals surface area contributed by atoms with Gasteiger partial charge in [-0.1, -0.05) is 0 Å². The molecule has 116 valence electrons. The molecular weight excluding hydrogens is 291 g/mol. The van der Waals surface area contributed by atoms with Crippen LogP contribution < -0.4 is 15.6 Å². The zero-order chi connectivity index (χ0) is 15.9. The molecule has 0 saturated carbocycles. The van der Waals surface area contributed by atoms with E-state index in [9.17, 15) is 14.0 Å². The number of aromatic carboxylic acids is 1. The molecule has 8 heteroatoms. The van der Waals surface area contributed by atoms with Crippen molar-refractivity contribution in [3.8, 4) is 0 Å². The molecule has 2 aromatic heterocycles. The van der Waals surface area contributed by atoms with Gasteiger partial charge in [0, 0.05) is 25.3 Å². The monoisotopic (exact) mass is 306 g/mol. The molecule has 1 aliphatic heterocycles. The molecule has 0 radical (unpaired) electrons. The van der Waals surface area contributed by atoms with Gasteiger partial charge in [-0.05, 0) is 19.5 Å². The van der Waals surface area contributed by atoms with Gasteiger partial charge in [-0.25, -0.2) is 14.2 Å². The predicted molar refractivity (Wildman–Crippen MR) is 79.0 cm³/mol. The summed E-state index contributed by atoms with van der Waals surface area (Å²) in [5.74, 6) is -1.81. The van der Waals surface area contributed by atoms with Gasteiger partial charge in [0.2, 0.25) is 5.43 Å². The second kappa shape index (κ2) is 5.38. The third-order valence-corrected chi connectivity index (χ3v) is 3.93. The van der Waals surface area contributed by atoms with Crippen LogP contribution in [0.5, 0.6) is 0 Å². The number of likely N-dealkylation sites (N-methyl/N-ethyl adjacent to an activating group) is 1. The second-order valence-electron chi connectivity index (χ2n) is 5.25. The molecule has 22 heavy (non-hydrogen) atoms. The third-order valence-electron chi connectivity index (χ3n) is 3.93. The molecule has 0 spiro atoms. The topological polar surface area (TPSA) is 98.3 Å². The van der Waals surface area contributed by atoms with E-state index in [4.69, 9.17) is 5.11 Å². The molecule has 1 saturated heterocycles. The van der Waals surface area contributed by atoms with Gasteiger partial charge in [0.1, 0.15) is 11.2 Å². The van der Waals surface area contributed by atoms with Crippen LogP contribution in [0.25, 0.3) is 11.0 Å². The molecule has 2 aromatic rings. The number of carboxylic acids is 1. The summed E-state index contributed by atoms with van der Waals surface area (Å²) in [4.78, 5) is 31.6. The fourth-order valence-corrected chi connectivity index (χ4v) is 2.68. The summed E-state index contributed by atoms with van der Waals surface area (Å²) < 4.78 is 14.3. The first-order valence-electron chi connectivity index (χ1n) is 6.88. The number of halogens is 1. The van der Waals surface area contributed by atoms with Crippen LogP contribution in [0, 0.1) is 5.82 Å². The minimum Gasteiger partial charge on any atom is -0.477 e. The first kappa shape index (κ1) is 14.5. The molecule has 0 aliphatic carbocycles. The summed E-state index contributed by atoms with van der Waals surface area (Å²) >= 11 is 0. The Morgan fingerprint density at radius 1 is 1.59 bits per heavy atom. The normalized spacial score (nSPS) is 18.1. The molecule has 3 heterocycles. The SMILES string of the molecule is CNC1CCN(c2nc3[nH]cc(C(=O)O)c(=O)c3cc2F)C1.